The maximum atomic E-state index is 14.3. The molecule has 7 nitrogen and oxygen atoms in total. The summed E-state index contributed by atoms with van der Waals surface area (Å²) in [6, 6.07) is 15.4. The summed E-state index contributed by atoms with van der Waals surface area (Å²) in [6.07, 6.45) is 2.75. The van der Waals surface area contributed by atoms with Crippen LogP contribution in [0.4, 0.5) is 5.69 Å². The molecule has 0 N–H and O–H groups in total. The number of anilines is 1. The monoisotopic (exact) mass is 589 g/mol. The molecule has 0 saturated carbocycles. The summed E-state index contributed by atoms with van der Waals surface area (Å²) in [5.74, 6) is 0.0271. The van der Waals surface area contributed by atoms with Crippen LogP contribution < -0.4 is 9.04 Å². The summed E-state index contributed by atoms with van der Waals surface area (Å²) in [4.78, 5) is 11.7. The van der Waals surface area contributed by atoms with E-state index in [-0.39, 0.29) is 33.5 Å². The number of rotatable bonds is 9. The van der Waals surface area contributed by atoms with Crippen LogP contribution in [0.2, 0.25) is 10.0 Å². The molecule has 3 aromatic rings. The summed E-state index contributed by atoms with van der Waals surface area (Å²) >= 11 is 12.8. The van der Waals surface area contributed by atoms with Gasteiger partial charge in [-0.3, -0.25) is 4.31 Å². The van der Waals surface area contributed by atoms with Gasteiger partial charge in [0, 0.05) is 12.0 Å². The number of fused-ring (bicyclic) bond motifs is 1. The molecule has 10 heteroatoms. The highest BCUT2D eigenvalue weighted by Crippen LogP contribution is 2.43. The van der Waals surface area contributed by atoms with Gasteiger partial charge in [-0.05, 0) is 72.4 Å². The Bertz CT molecular complexity index is 1480. The number of ether oxygens (including phenoxy) is 3. The quantitative estimate of drug-likeness (QED) is 0.281. The highest BCUT2D eigenvalue weighted by atomic mass is 35.5. The second kappa shape index (κ2) is 11.0. The number of hydrogen-bond acceptors (Lipinski definition) is 6. The van der Waals surface area contributed by atoms with Gasteiger partial charge in [0.05, 0.1) is 41.6 Å². The lowest BCUT2D eigenvalue weighted by Crippen LogP contribution is -2.50. The lowest BCUT2D eigenvalue weighted by atomic mass is 9.88. The predicted octanol–water partition coefficient (Wildman–Crippen LogP) is 6.08. The third kappa shape index (κ3) is 5.61. The van der Waals surface area contributed by atoms with Crippen molar-refractivity contribution >= 4 is 44.9 Å². The van der Waals surface area contributed by atoms with Gasteiger partial charge in [-0.2, -0.15) is 0 Å². The molecule has 0 aromatic heterocycles. The van der Waals surface area contributed by atoms with E-state index in [1.807, 2.05) is 19.1 Å². The standard InChI is InChI=1S/C29H29Cl2NO6S/c1-29(17-37-18-29)16-32(39(34,35)27-23(30)7-4-8-24(27)31)25-13-21-5-3-6-22(21)14-26(25)38-15-19-9-11-20(12-10-19)28(33)36-2/h4,7-14H,3,5-6,15-18H2,1-2H3. The van der Waals surface area contributed by atoms with Crippen molar-refractivity contribution in [1.82, 2.24) is 0 Å². The summed E-state index contributed by atoms with van der Waals surface area (Å²) < 4.78 is 46.4. The third-order valence-corrected chi connectivity index (χ3v) is 9.82. The normalized spacial score (nSPS) is 15.8. The number of sulfonamides is 1. The highest BCUT2D eigenvalue weighted by Gasteiger charge is 2.41. The van der Waals surface area contributed by atoms with Crippen molar-refractivity contribution in [3.8, 4) is 5.75 Å². The van der Waals surface area contributed by atoms with Crippen molar-refractivity contribution in [2.75, 3.05) is 31.2 Å². The van der Waals surface area contributed by atoms with Gasteiger partial charge < -0.3 is 14.2 Å². The van der Waals surface area contributed by atoms with Crippen molar-refractivity contribution in [2.45, 2.75) is 37.7 Å². The van der Waals surface area contributed by atoms with E-state index in [2.05, 4.69) is 0 Å². The first-order valence-corrected chi connectivity index (χ1v) is 14.8. The maximum Gasteiger partial charge on any atom is 0.337 e. The molecular weight excluding hydrogens is 561 g/mol. The van der Waals surface area contributed by atoms with Crippen LogP contribution in [0.5, 0.6) is 5.75 Å². The van der Waals surface area contributed by atoms with Crippen LogP contribution >= 0.6 is 23.2 Å². The molecule has 0 spiro atoms. The maximum absolute atomic E-state index is 14.3. The first-order chi connectivity index (χ1) is 18.6. The van der Waals surface area contributed by atoms with Crippen molar-refractivity contribution in [1.29, 1.82) is 0 Å². The lowest BCUT2D eigenvalue weighted by molar-refractivity contribution is -0.0941. The number of nitrogens with zero attached hydrogens (tertiary/aromatic N) is 1. The Balaban J connectivity index is 1.56. The van der Waals surface area contributed by atoms with Gasteiger partial charge in [0.15, 0.2) is 0 Å². The molecule has 5 rings (SSSR count). The van der Waals surface area contributed by atoms with E-state index in [1.54, 1.807) is 30.3 Å². The largest absolute Gasteiger partial charge is 0.487 e. The van der Waals surface area contributed by atoms with Gasteiger partial charge in [0.2, 0.25) is 0 Å². The van der Waals surface area contributed by atoms with Crippen molar-refractivity contribution < 1.29 is 27.4 Å². The average molecular weight is 591 g/mol. The number of aryl methyl sites for hydroxylation is 2. The van der Waals surface area contributed by atoms with E-state index in [1.165, 1.54) is 23.5 Å². The minimum atomic E-state index is -4.18. The highest BCUT2D eigenvalue weighted by molar-refractivity contribution is 7.93. The SMILES string of the molecule is COC(=O)c1ccc(COc2cc3c(cc2N(CC2(C)COC2)S(=O)(=O)c2c(Cl)cccc2Cl)CCC3)cc1. The number of benzene rings is 3. The fourth-order valence-corrected chi connectivity index (χ4v) is 7.66. The van der Waals surface area contributed by atoms with E-state index in [4.69, 9.17) is 37.4 Å². The molecule has 1 fully saturated rings. The van der Waals surface area contributed by atoms with Gasteiger partial charge in [-0.25, -0.2) is 13.2 Å². The number of halogens is 2. The van der Waals surface area contributed by atoms with Crippen LogP contribution in [0, 0.1) is 5.41 Å². The zero-order valence-corrected chi connectivity index (χ0v) is 24.0. The Morgan fingerprint density at radius 3 is 2.26 bits per heavy atom. The van der Waals surface area contributed by atoms with Crippen molar-refractivity contribution in [3.05, 3.63) is 86.9 Å². The van der Waals surface area contributed by atoms with Gasteiger partial charge in [-0.15, -0.1) is 0 Å². The van der Waals surface area contributed by atoms with Gasteiger partial charge in [0.1, 0.15) is 17.3 Å². The summed E-state index contributed by atoms with van der Waals surface area (Å²) in [5.41, 5.74) is 3.54. The molecule has 0 radical (unpaired) electrons. The van der Waals surface area contributed by atoms with Crippen LogP contribution in [-0.2, 0) is 38.9 Å². The van der Waals surface area contributed by atoms with E-state index >= 15 is 0 Å². The van der Waals surface area contributed by atoms with Gasteiger partial charge >= 0.3 is 5.97 Å². The number of esters is 1. The number of carbonyl (C=O) groups is 1. The molecule has 1 heterocycles. The fraction of sp³-hybridized carbons (Fsp3) is 0.345. The van der Waals surface area contributed by atoms with E-state index in [0.29, 0.717) is 30.2 Å². The predicted molar refractivity (Wildman–Crippen MR) is 151 cm³/mol. The second-order valence-corrected chi connectivity index (χ2v) is 12.9. The number of hydrogen-bond donors (Lipinski definition) is 0. The number of carbonyl (C=O) groups excluding carboxylic acids is 1. The molecule has 3 aromatic carbocycles. The van der Waals surface area contributed by atoms with Crippen LogP contribution in [0.15, 0.2) is 59.5 Å². The Morgan fingerprint density at radius 1 is 1.03 bits per heavy atom. The van der Waals surface area contributed by atoms with Crippen LogP contribution in [0.1, 0.15) is 40.4 Å². The molecule has 39 heavy (non-hydrogen) atoms. The van der Waals surface area contributed by atoms with Crippen LogP contribution in [0.3, 0.4) is 0 Å². The van der Waals surface area contributed by atoms with Crippen molar-refractivity contribution in [3.63, 3.8) is 0 Å². The lowest BCUT2D eigenvalue weighted by Gasteiger charge is -2.42. The molecule has 0 bridgehead atoms. The molecule has 1 saturated heterocycles. The first kappa shape index (κ1) is 27.8. The molecule has 1 aliphatic carbocycles. The third-order valence-electron chi connectivity index (χ3n) is 7.10. The molecule has 0 amide bonds. The first-order valence-electron chi connectivity index (χ1n) is 12.6. The molecule has 1 aliphatic heterocycles. The van der Waals surface area contributed by atoms with Gasteiger partial charge in [-0.1, -0.05) is 48.3 Å². The van der Waals surface area contributed by atoms with E-state index in [9.17, 15) is 13.2 Å². The van der Waals surface area contributed by atoms with Crippen LogP contribution in [-0.4, -0.2) is 41.3 Å². The number of methoxy groups -OCH3 is 1. The summed E-state index contributed by atoms with van der Waals surface area (Å²) in [7, 11) is -2.85. The minimum Gasteiger partial charge on any atom is -0.487 e. The Morgan fingerprint density at radius 2 is 1.67 bits per heavy atom. The minimum absolute atomic E-state index is 0.0526. The smallest absolute Gasteiger partial charge is 0.337 e. The Kier molecular flexibility index (Phi) is 7.84. The molecule has 0 atom stereocenters. The van der Waals surface area contributed by atoms with E-state index in [0.717, 1.165) is 36.0 Å². The van der Waals surface area contributed by atoms with Gasteiger partial charge in [0.25, 0.3) is 10.0 Å². The van der Waals surface area contributed by atoms with E-state index < -0.39 is 16.0 Å². The van der Waals surface area contributed by atoms with Crippen LogP contribution in [0.25, 0.3) is 0 Å². The second-order valence-electron chi connectivity index (χ2n) is 10.3. The Hall–Kier alpha value is -2.78. The molecule has 0 unspecified atom stereocenters. The average Bonchev–Trinajstić information content (AvgIpc) is 3.36. The summed E-state index contributed by atoms with van der Waals surface area (Å²) in [6.45, 7) is 3.20. The van der Waals surface area contributed by atoms with Crippen molar-refractivity contribution in [2.24, 2.45) is 5.41 Å². The zero-order chi connectivity index (χ0) is 27.8. The molecule has 2 aliphatic rings. The Labute approximate surface area is 238 Å². The summed E-state index contributed by atoms with van der Waals surface area (Å²) in [5, 5.41) is 0.105. The molecular formula is C29H29Cl2NO6S. The topological polar surface area (TPSA) is 82.1 Å². The molecule has 206 valence electrons. The zero-order valence-electron chi connectivity index (χ0n) is 21.7. The fourth-order valence-electron chi connectivity index (χ4n) is 4.94.